The standard InChI is InChI=1S/C20H34N6O/c1-14-11-18(21-2)25-20(23-14)24-16-12-15-5-3-10-27-19(15)17(13-16)26-8-4-6-22-7-9-26/h12-14,18,20-25H,3-11H2,1-2H3. The molecule has 7 nitrogen and oxygen atoms in total. The molecule has 3 heterocycles. The van der Waals surface area contributed by atoms with Crippen LogP contribution >= 0.6 is 0 Å². The first kappa shape index (κ1) is 18.8. The van der Waals surface area contributed by atoms with Gasteiger partial charge in [-0.3, -0.25) is 10.6 Å². The van der Waals surface area contributed by atoms with Crippen LogP contribution in [0.15, 0.2) is 12.1 Å². The quantitative estimate of drug-likeness (QED) is 0.539. The number of fused-ring (bicyclic) bond motifs is 1. The van der Waals surface area contributed by atoms with Crippen molar-refractivity contribution in [3.63, 3.8) is 0 Å². The maximum absolute atomic E-state index is 6.11. The molecule has 0 spiro atoms. The number of hydrogen-bond donors (Lipinski definition) is 5. The smallest absolute Gasteiger partial charge is 0.145 e. The number of ether oxygens (including phenoxy) is 1. The number of nitrogens with one attached hydrogen (secondary N) is 5. The Morgan fingerprint density at radius 2 is 2.07 bits per heavy atom. The van der Waals surface area contributed by atoms with E-state index in [0.717, 1.165) is 63.5 Å². The van der Waals surface area contributed by atoms with E-state index in [0.29, 0.717) is 12.2 Å². The lowest BCUT2D eigenvalue weighted by Crippen LogP contribution is -2.63. The number of benzene rings is 1. The molecular weight excluding hydrogens is 340 g/mol. The summed E-state index contributed by atoms with van der Waals surface area (Å²) in [6.45, 7) is 7.28. The second-order valence-electron chi connectivity index (χ2n) is 7.91. The molecule has 4 rings (SSSR count). The van der Waals surface area contributed by atoms with Crippen LogP contribution < -0.4 is 36.2 Å². The molecule has 3 atom stereocenters. The number of hydrogen-bond acceptors (Lipinski definition) is 7. The van der Waals surface area contributed by atoms with Gasteiger partial charge in [-0.2, -0.15) is 0 Å². The lowest BCUT2D eigenvalue weighted by molar-refractivity contribution is 0.249. The van der Waals surface area contributed by atoms with E-state index in [1.807, 2.05) is 7.05 Å². The van der Waals surface area contributed by atoms with E-state index in [-0.39, 0.29) is 6.29 Å². The maximum atomic E-state index is 6.11. The van der Waals surface area contributed by atoms with E-state index in [1.165, 1.54) is 17.7 Å². The van der Waals surface area contributed by atoms with E-state index >= 15 is 0 Å². The monoisotopic (exact) mass is 374 g/mol. The fourth-order valence-corrected chi connectivity index (χ4v) is 4.34. The van der Waals surface area contributed by atoms with Crippen molar-refractivity contribution in [3.05, 3.63) is 17.7 Å². The summed E-state index contributed by atoms with van der Waals surface area (Å²) in [4.78, 5) is 2.48. The molecule has 27 heavy (non-hydrogen) atoms. The summed E-state index contributed by atoms with van der Waals surface area (Å²) in [5, 5.41) is 17.7. The molecule has 0 radical (unpaired) electrons. The van der Waals surface area contributed by atoms with Crippen LogP contribution in [0, 0.1) is 0 Å². The lowest BCUT2D eigenvalue weighted by Gasteiger charge is -2.37. The van der Waals surface area contributed by atoms with Crippen LogP contribution in [0.4, 0.5) is 11.4 Å². The Bertz CT molecular complexity index is 631. The van der Waals surface area contributed by atoms with Gasteiger partial charge in [-0.05, 0) is 63.9 Å². The minimum absolute atomic E-state index is 0.0485. The summed E-state index contributed by atoms with van der Waals surface area (Å²) in [5.41, 5.74) is 3.72. The molecule has 2 fully saturated rings. The van der Waals surface area contributed by atoms with Crippen LogP contribution in [0.2, 0.25) is 0 Å². The molecule has 3 aliphatic rings. The molecule has 5 N–H and O–H groups in total. The molecule has 1 aromatic carbocycles. The summed E-state index contributed by atoms with van der Waals surface area (Å²) in [7, 11) is 2.01. The molecule has 150 valence electrons. The topological polar surface area (TPSA) is 72.6 Å². The first-order valence-electron chi connectivity index (χ1n) is 10.4. The third-order valence-electron chi connectivity index (χ3n) is 5.73. The first-order valence-corrected chi connectivity index (χ1v) is 10.4. The highest BCUT2D eigenvalue weighted by Gasteiger charge is 2.26. The summed E-state index contributed by atoms with van der Waals surface area (Å²) in [5.74, 6) is 1.10. The van der Waals surface area contributed by atoms with Gasteiger partial charge in [-0.1, -0.05) is 0 Å². The Morgan fingerprint density at radius 3 is 2.96 bits per heavy atom. The predicted octanol–water partition coefficient (Wildman–Crippen LogP) is 1.02. The zero-order valence-corrected chi connectivity index (χ0v) is 16.6. The predicted molar refractivity (Wildman–Crippen MR) is 111 cm³/mol. The summed E-state index contributed by atoms with van der Waals surface area (Å²) < 4.78 is 6.11. The normalized spacial score (nSPS) is 28.8. The highest BCUT2D eigenvalue weighted by atomic mass is 16.5. The Balaban J connectivity index is 1.58. The van der Waals surface area contributed by atoms with Gasteiger partial charge in [0.25, 0.3) is 0 Å². The van der Waals surface area contributed by atoms with Gasteiger partial charge in [-0.15, -0.1) is 0 Å². The van der Waals surface area contributed by atoms with Crippen LogP contribution in [-0.4, -0.2) is 58.3 Å². The Morgan fingerprint density at radius 1 is 1.15 bits per heavy atom. The molecule has 1 aromatic rings. The van der Waals surface area contributed by atoms with Gasteiger partial charge in [-0.25, -0.2) is 0 Å². The highest BCUT2D eigenvalue weighted by molar-refractivity contribution is 5.70. The van der Waals surface area contributed by atoms with Gasteiger partial charge >= 0.3 is 0 Å². The third kappa shape index (κ3) is 4.48. The van der Waals surface area contributed by atoms with E-state index in [1.54, 1.807) is 0 Å². The average molecular weight is 375 g/mol. The minimum Gasteiger partial charge on any atom is -0.491 e. The van der Waals surface area contributed by atoms with Crippen molar-refractivity contribution >= 4 is 11.4 Å². The molecule has 0 bridgehead atoms. The van der Waals surface area contributed by atoms with Crippen LogP contribution in [0.5, 0.6) is 5.75 Å². The van der Waals surface area contributed by atoms with Crippen molar-refractivity contribution in [3.8, 4) is 5.75 Å². The van der Waals surface area contributed by atoms with E-state index in [2.05, 4.69) is 50.5 Å². The Kier molecular flexibility index (Phi) is 6.02. The van der Waals surface area contributed by atoms with Gasteiger partial charge in [0.05, 0.1) is 18.5 Å². The number of rotatable bonds is 4. The largest absolute Gasteiger partial charge is 0.491 e. The van der Waals surface area contributed by atoms with E-state index in [4.69, 9.17) is 4.74 Å². The van der Waals surface area contributed by atoms with Crippen molar-refractivity contribution < 1.29 is 4.74 Å². The minimum atomic E-state index is 0.0485. The fourth-order valence-electron chi connectivity index (χ4n) is 4.34. The molecule has 0 saturated carbocycles. The van der Waals surface area contributed by atoms with Gasteiger partial charge in [0, 0.05) is 31.4 Å². The van der Waals surface area contributed by atoms with Crippen molar-refractivity contribution in [1.82, 2.24) is 21.3 Å². The van der Waals surface area contributed by atoms with Gasteiger partial charge < -0.3 is 25.6 Å². The summed E-state index contributed by atoms with van der Waals surface area (Å²) in [6, 6.07) is 5.00. The molecule has 3 aliphatic heterocycles. The average Bonchev–Trinajstić information content (AvgIpc) is 2.96. The number of nitrogens with zero attached hydrogens (tertiary/aromatic N) is 1. The van der Waals surface area contributed by atoms with Gasteiger partial charge in [0.1, 0.15) is 12.0 Å². The maximum Gasteiger partial charge on any atom is 0.145 e. The van der Waals surface area contributed by atoms with Crippen LogP contribution in [0.3, 0.4) is 0 Å². The van der Waals surface area contributed by atoms with Crippen molar-refractivity contribution in [1.29, 1.82) is 0 Å². The molecule has 0 amide bonds. The molecule has 3 unspecified atom stereocenters. The highest BCUT2D eigenvalue weighted by Crippen LogP contribution is 2.39. The first-order chi connectivity index (χ1) is 13.2. The van der Waals surface area contributed by atoms with Gasteiger partial charge in [0.2, 0.25) is 0 Å². The SMILES string of the molecule is CNC1CC(C)NC(Nc2cc3c(c(N4CCCNCC4)c2)OCCC3)N1. The molecule has 7 heteroatoms. The zero-order chi connectivity index (χ0) is 18.6. The third-order valence-corrected chi connectivity index (χ3v) is 5.73. The van der Waals surface area contributed by atoms with Crippen molar-refractivity contribution in [2.45, 2.75) is 51.1 Å². The van der Waals surface area contributed by atoms with E-state index < -0.39 is 0 Å². The Labute approximate surface area is 162 Å². The molecule has 0 aliphatic carbocycles. The second-order valence-corrected chi connectivity index (χ2v) is 7.91. The summed E-state index contributed by atoms with van der Waals surface area (Å²) in [6.07, 6.45) is 4.78. The second kappa shape index (κ2) is 8.65. The molecule has 2 saturated heterocycles. The molecular formula is C20H34N6O. The van der Waals surface area contributed by atoms with Crippen LogP contribution in [-0.2, 0) is 6.42 Å². The Hall–Kier alpha value is -1.54. The summed E-state index contributed by atoms with van der Waals surface area (Å²) >= 11 is 0. The van der Waals surface area contributed by atoms with Crippen LogP contribution in [0.1, 0.15) is 31.7 Å². The van der Waals surface area contributed by atoms with Crippen molar-refractivity contribution in [2.75, 3.05) is 50.1 Å². The number of aryl methyl sites for hydroxylation is 1. The van der Waals surface area contributed by atoms with E-state index in [9.17, 15) is 0 Å². The zero-order valence-electron chi connectivity index (χ0n) is 16.6. The number of anilines is 2. The van der Waals surface area contributed by atoms with Crippen molar-refractivity contribution in [2.24, 2.45) is 0 Å². The van der Waals surface area contributed by atoms with Gasteiger partial charge in [0.15, 0.2) is 0 Å². The molecule has 0 aromatic heterocycles. The fraction of sp³-hybridized carbons (Fsp3) is 0.700. The lowest BCUT2D eigenvalue weighted by atomic mass is 10.0. The van der Waals surface area contributed by atoms with Crippen LogP contribution in [0.25, 0.3) is 0 Å².